The molecule has 5 nitrogen and oxygen atoms in total. The molecule has 1 aromatic rings. The third-order valence-electron chi connectivity index (χ3n) is 4.54. The van der Waals surface area contributed by atoms with Crippen LogP contribution in [0.15, 0.2) is 12.4 Å². The van der Waals surface area contributed by atoms with E-state index in [1.165, 1.54) is 12.8 Å². The Bertz CT molecular complexity index is 463. The van der Waals surface area contributed by atoms with Crippen LogP contribution in [0, 0.1) is 5.92 Å². The summed E-state index contributed by atoms with van der Waals surface area (Å²) in [5, 5.41) is 4.16. The average Bonchev–Trinajstić information content (AvgIpc) is 2.83. The smallest absolute Gasteiger partial charge is 0.236 e. The first-order valence-corrected chi connectivity index (χ1v) is 7.87. The van der Waals surface area contributed by atoms with E-state index in [1.54, 1.807) is 4.68 Å². The number of rotatable bonds is 5. The molecule has 0 aromatic carbocycles. The first-order valence-electron chi connectivity index (χ1n) is 7.87. The molecule has 0 radical (unpaired) electrons. The number of amides is 1. The van der Waals surface area contributed by atoms with Crippen LogP contribution in [0.3, 0.4) is 0 Å². The van der Waals surface area contributed by atoms with Gasteiger partial charge in [-0.3, -0.25) is 14.4 Å². The standard InChI is InChI=1S/C16H28N4O/c1-13-5-7-15(8-6-13)20(4)16(21)12-18(2)10-14-9-17-19(3)11-14/h9,11,13,15H,5-8,10,12H2,1-4H3. The zero-order valence-corrected chi connectivity index (χ0v) is 13.7. The topological polar surface area (TPSA) is 41.4 Å². The maximum atomic E-state index is 12.4. The molecule has 1 aliphatic rings. The van der Waals surface area contributed by atoms with E-state index in [0.717, 1.165) is 30.9 Å². The molecule has 5 heteroatoms. The molecular formula is C16H28N4O. The molecule has 21 heavy (non-hydrogen) atoms. The molecule has 1 aromatic heterocycles. The Labute approximate surface area is 127 Å². The first kappa shape index (κ1) is 16.0. The molecule has 0 bridgehead atoms. The first-order chi connectivity index (χ1) is 9.95. The SMILES string of the molecule is CC1CCC(N(C)C(=O)CN(C)Cc2cnn(C)c2)CC1. The summed E-state index contributed by atoms with van der Waals surface area (Å²) in [6.07, 6.45) is 8.63. The second-order valence-corrected chi connectivity index (χ2v) is 6.61. The van der Waals surface area contributed by atoms with Crippen molar-refractivity contribution >= 4 is 5.91 Å². The van der Waals surface area contributed by atoms with Gasteiger partial charge in [-0.15, -0.1) is 0 Å². The van der Waals surface area contributed by atoms with Crippen LogP contribution in [0.25, 0.3) is 0 Å². The number of hydrogen-bond donors (Lipinski definition) is 0. The predicted molar refractivity (Wildman–Crippen MR) is 83.7 cm³/mol. The zero-order valence-electron chi connectivity index (χ0n) is 13.7. The van der Waals surface area contributed by atoms with E-state index in [1.807, 2.05) is 38.4 Å². The lowest BCUT2D eigenvalue weighted by Gasteiger charge is -2.34. The second-order valence-electron chi connectivity index (χ2n) is 6.61. The normalized spacial score (nSPS) is 22.5. The van der Waals surface area contributed by atoms with Crippen LogP contribution in [0.5, 0.6) is 0 Å². The van der Waals surface area contributed by atoms with Gasteiger partial charge in [0.25, 0.3) is 0 Å². The molecule has 1 aliphatic carbocycles. The van der Waals surface area contributed by atoms with Gasteiger partial charge in [-0.25, -0.2) is 0 Å². The second kappa shape index (κ2) is 7.07. The number of aryl methyl sites for hydroxylation is 1. The van der Waals surface area contributed by atoms with Crippen molar-refractivity contribution in [1.82, 2.24) is 19.6 Å². The minimum absolute atomic E-state index is 0.223. The van der Waals surface area contributed by atoms with Crippen molar-refractivity contribution < 1.29 is 4.79 Å². The van der Waals surface area contributed by atoms with E-state index in [9.17, 15) is 4.79 Å². The van der Waals surface area contributed by atoms with E-state index < -0.39 is 0 Å². The number of nitrogens with zero attached hydrogens (tertiary/aromatic N) is 4. The molecular weight excluding hydrogens is 264 g/mol. The molecule has 0 saturated heterocycles. The Morgan fingerprint density at radius 3 is 2.57 bits per heavy atom. The van der Waals surface area contributed by atoms with Crippen LogP contribution >= 0.6 is 0 Å². The summed E-state index contributed by atoms with van der Waals surface area (Å²) >= 11 is 0. The van der Waals surface area contributed by atoms with E-state index >= 15 is 0 Å². The summed E-state index contributed by atoms with van der Waals surface area (Å²) in [5.74, 6) is 1.04. The molecule has 0 atom stereocenters. The zero-order chi connectivity index (χ0) is 15.4. The van der Waals surface area contributed by atoms with Crippen molar-refractivity contribution in [3.8, 4) is 0 Å². The van der Waals surface area contributed by atoms with Crippen LogP contribution in [0.4, 0.5) is 0 Å². The molecule has 0 aliphatic heterocycles. The van der Waals surface area contributed by atoms with Gasteiger partial charge < -0.3 is 4.90 Å². The molecule has 0 spiro atoms. The van der Waals surface area contributed by atoms with Gasteiger partial charge in [-0.05, 0) is 38.6 Å². The van der Waals surface area contributed by atoms with Gasteiger partial charge in [0.05, 0.1) is 12.7 Å². The largest absolute Gasteiger partial charge is 0.342 e. The van der Waals surface area contributed by atoms with E-state index in [2.05, 4.69) is 16.9 Å². The predicted octanol–water partition coefficient (Wildman–Crippen LogP) is 1.89. The lowest BCUT2D eigenvalue weighted by atomic mass is 9.87. The van der Waals surface area contributed by atoms with E-state index in [4.69, 9.17) is 0 Å². The molecule has 2 rings (SSSR count). The van der Waals surface area contributed by atoms with Crippen molar-refractivity contribution in [3.05, 3.63) is 18.0 Å². The fraction of sp³-hybridized carbons (Fsp3) is 0.750. The van der Waals surface area contributed by atoms with Crippen LogP contribution in [-0.4, -0.2) is 52.2 Å². The Morgan fingerprint density at radius 2 is 2.00 bits per heavy atom. The third-order valence-corrected chi connectivity index (χ3v) is 4.54. The fourth-order valence-electron chi connectivity index (χ4n) is 3.10. The monoisotopic (exact) mass is 292 g/mol. The number of carbonyl (C=O) groups excluding carboxylic acids is 1. The fourth-order valence-corrected chi connectivity index (χ4v) is 3.10. The van der Waals surface area contributed by atoms with Crippen molar-refractivity contribution in [2.24, 2.45) is 13.0 Å². The highest BCUT2D eigenvalue weighted by Crippen LogP contribution is 2.26. The molecule has 1 fully saturated rings. The highest BCUT2D eigenvalue weighted by molar-refractivity contribution is 5.78. The lowest BCUT2D eigenvalue weighted by molar-refractivity contribution is -0.133. The van der Waals surface area contributed by atoms with Crippen LogP contribution in [0.2, 0.25) is 0 Å². The number of hydrogen-bond acceptors (Lipinski definition) is 3. The minimum atomic E-state index is 0.223. The third kappa shape index (κ3) is 4.56. The number of aromatic nitrogens is 2. The Kier molecular flexibility index (Phi) is 5.39. The van der Waals surface area contributed by atoms with Crippen LogP contribution in [-0.2, 0) is 18.4 Å². The molecule has 0 unspecified atom stereocenters. The van der Waals surface area contributed by atoms with E-state index in [-0.39, 0.29) is 5.91 Å². The molecule has 0 N–H and O–H groups in total. The van der Waals surface area contributed by atoms with Gasteiger partial charge in [0.2, 0.25) is 5.91 Å². The summed E-state index contributed by atoms with van der Waals surface area (Å²) in [4.78, 5) is 16.4. The molecule has 1 saturated carbocycles. The summed E-state index contributed by atoms with van der Waals surface area (Å²) in [7, 11) is 5.86. The lowest BCUT2D eigenvalue weighted by Crippen LogP contribution is -2.43. The average molecular weight is 292 g/mol. The van der Waals surface area contributed by atoms with Gasteiger partial charge in [-0.2, -0.15) is 5.10 Å². The van der Waals surface area contributed by atoms with Crippen molar-refractivity contribution in [1.29, 1.82) is 0 Å². The van der Waals surface area contributed by atoms with Crippen LogP contribution < -0.4 is 0 Å². The van der Waals surface area contributed by atoms with Crippen molar-refractivity contribution in [2.75, 3.05) is 20.6 Å². The summed E-state index contributed by atoms with van der Waals surface area (Å²) in [6, 6.07) is 0.431. The van der Waals surface area contributed by atoms with Gasteiger partial charge in [0, 0.05) is 38.4 Å². The summed E-state index contributed by atoms with van der Waals surface area (Å²) in [6.45, 7) is 3.53. The summed E-state index contributed by atoms with van der Waals surface area (Å²) < 4.78 is 1.79. The van der Waals surface area contributed by atoms with Gasteiger partial charge >= 0.3 is 0 Å². The Morgan fingerprint density at radius 1 is 1.33 bits per heavy atom. The summed E-state index contributed by atoms with van der Waals surface area (Å²) in [5.41, 5.74) is 1.14. The van der Waals surface area contributed by atoms with Crippen molar-refractivity contribution in [3.63, 3.8) is 0 Å². The van der Waals surface area contributed by atoms with E-state index in [0.29, 0.717) is 12.6 Å². The Balaban J connectivity index is 1.79. The van der Waals surface area contributed by atoms with Crippen LogP contribution in [0.1, 0.15) is 38.2 Å². The molecule has 1 heterocycles. The quantitative estimate of drug-likeness (QED) is 0.832. The maximum Gasteiger partial charge on any atom is 0.236 e. The van der Waals surface area contributed by atoms with Crippen molar-refractivity contribution in [2.45, 2.75) is 45.2 Å². The van der Waals surface area contributed by atoms with Gasteiger partial charge in [0.15, 0.2) is 0 Å². The number of likely N-dealkylation sites (N-methyl/N-ethyl adjacent to an activating group) is 2. The van der Waals surface area contributed by atoms with Gasteiger partial charge in [-0.1, -0.05) is 6.92 Å². The molecule has 1 amide bonds. The minimum Gasteiger partial charge on any atom is -0.342 e. The number of carbonyl (C=O) groups is 1. The van der Waals surface area contributed by atoms with Gasteiger partial charge in [0.1, 0.15) is 0 Å². The highest BCUT2D eigenvalue weighted by Gasteiger charge is 2.25. The molecule has 118 valence electrons. The highest BCUT2D eigenvalue weighted by atomic mass is 16.2. The maximum absolute atomic E-state index is 12.4. The Hall–Kier alpha value is -1.36.